The van der Waals surface area contributed by atoms with E-state index in [4.69, 9.17) is 37.7 Å². The van der Waals surface area contributed by atoms with Crippen LogP contribution in [0.3, 0.4) is 0 Å². The van der Waals surface area contributed by atoms with E-state index in [2.05, 4.69) is 22.2 Å². The molecular weight excluding hydrogens is 487 g/mol. The third-order valence-corrected chi connectivity index (χ3v) is 7.04. The molecule has 35 heavy (non-hydrogen) atoms. The highest BCUT2D eigenvalue weighted by Gasteiger charge is 2.25. The number of hydrogen-bond acceptors (Lipinski definition) is 6. The molecule has 4 rings (SSSR count). The number of rotatable bonds is 7. The van der Waals surface area contributed by atoms with Gasteiger partial charge in [0.25, 0.3) is 0 Å². The Bertz CT molecular complexity index is 1220. The third-order valence-electron chi connectivity index (χ3n) is 6.29. The predicted molar refractivity (Wildman–Crippen MR) is 141 cm³/mol. The van der Waals surface area contributed by atoms with Crippen molar-refractivity contribution in [3.63, 3.8) is 0 Å². The maximum absolute atomic E-state index is 11.9. The second kappa shape index (κ2) is 11.1. The van der Waals surface area contributed by atoms with Gasteiger partial charge < -0.3 is 20.1 Å². The van der Waals surface area contributed by atoms with Crippen molar-refractivity contribution >= 4 is 46.0 Å². The van der Waals surface area contributed by atoms with E-state index in [0.29, 0.717) is 33.1 Å². The summed E-state index contributed by atoms with van der Waals surface area (Å²) in [5.74, 6) is 1.30. The number of carbonyl (C=O) groups excluding carboxylic acids is 1. The monoisotopic (exact) mass is 514 g/mol. The van der Waals surface area contributed by atoms with Gasteiger partial charge in [-0.05, 0) is 36.6 Å². The van der Waals surface area contributed by atoms with E-state index in [0.717, 1.165) is 48.6 Å². The lowest BCUT2D eigenvalue weighted by Crippen LogP contribution is -2.45. The second-order valence-electron chi connectivity index (χ2n) is 8.46. The summed E-state index contributed by atoms with van der Waals surface area (Å²) in [7, 11) is 3.09. The molecule has 0 saturated heterocycles. The van der Waals surface area contributed by atoms with Gasteiger partial charge in [0.05, 0.1) is 29.8 Å². The maximum Gasteiger partial charge on any atom is 0.243 e. The summed E-state index contributed by atoms with van der Waals surface area (Å²) in [5.41, 5.74) is 2.19. The van der Waals surface area contributed by atoms with Crippen LogP contribution in [0.15, 0.2) is 43.1 Å². The molecule has 2 aromatic carbocycles. The van der Waals surface area contributed by atoms with Crippen molar-refractivity contribution in [2.45, 2.75) is 44.2 Å². The van der Waals surface area contributed by atoms with Crippen LogP contribution in [0.5, 0.6) is 11.5 Å². The Morgan fingerprint density at radius 1 is 1.06 bits per heavy atom. The molecule has 0 aliphatic heterocycles. The van der Waals surface area contributed by atoms with Gasteiger partial charge in [-0.25, -0.2) is 9.97 Å². The number of ether oxygens (including phenoxy) is 2. The fourth-order valence-electron chi connectivity index (χ4n) is 4.46. The van der Waals surface area contributed by atoms with Crippen molar-refractivity contribution in [2.75, 3.05) is 19.5 Å². The van der Waals surface area contributed by atoms with Gasteiger partial charge >= 0.3 is 0 Å². The van der Waals surface area contributed by atoms with Gasteiger partial charge in [0.15, 0.2) is 0 Å². The molecule has 2 atom stereocenters. The second-order valence-corrected chi connectivity index (χ2v) is 9.22. The van der Waals surface area contributed by atoms with Crippen LogP contribution < -0.4 is 20.1 Å². The summed E-state index contributed by atoms with van der Waals surface area (Å²) in [6, 6.07) is 7.44. The molecule has 3 aromatic rings. The van der Waals surface area contributed by atoms with E-state index in [9.17, 15) is 4.79 Å². The fraction of sp³-hybridized carbons (Fsp3) is 0.346. The van der Waals surface area contributed by atoms with Crippen LogP contribution in [0.1, 0.15) is 32.1 Å². The molecule has 1 fully saturated rings. The van der Waals surface area contributed by atoms with Crippen LogP contribution >= 0.6 is 23.2 Å². The average molecular weight is 515 g/mol. The Morgan fingerprint density at radius 3 is 2.40 bits per heavy atom. The van der Waals surface area contributed by atoms with Crippen molar-refractivity contribution in [1.29, 1.82) is 0 Å². The summed E-state index contributed by atoms with van der Waals surface area (Å²) in [5, 5.41) is 8.13. The number of aromatic nitrogens is 2. The molecular formula is C26H28Cl2N4O3. The van der Waals surface area contributed by atoms with Crippen molar-refractivity contribution < 1.29 is 14.3 Å². The fourth-order valence-corrected chi connectivity index (χ4v) is 5.18. The number of benzene rings is 2. The lowest BCUT2D eigenvalue weighted by molar-refractivity contribution is -0.117. The molecule has 2 unspecified atom stereocenters. The third kappa shape index (κ3) is 5.46. The Hall–Kier alpha value is -3.03. The van der Waals surface area contributed by atoms with Crippen LogP contribution in [0.4, 0.5) is 5.95 Å². The Morgan fingerprint density at radius 2 is 1.74 bits per heavy atom. The van der Waals surface area contributed by atoms with E-state index in [-0.39, 0.29) is 18.0 Å². The van der Waals surface area contributed by atoms with Crippen molar-refractivity contribution in [3.8, 4) is 22.6 Å². The first-order valence-electron chi connectivity index (χ1n) is 11.5. The number of fused-ring (bicyclic) bond motifs is 1. The number of methoxy groups -OCH3 is 2. The Labute approximate surface area is 214 Å². The number of amides is 1. The topological polar surface area (TPSA) is 85.4 Å². The SMILES string of the molecule is C=CC(=O)NC1CCCCCC1Nc1ncc2cc(-c3c(Cl)c(OC)cc(OC)c3Cl)ccc2n1. The maximum atomic E-state index is 11.9. The van der Waals surface area contributed by atoms with Gasteiger partial charge in [-0.3, -0.25) is 4.79 Å². The van der Waals surface area contributed by atoms with Gasteiger partial charge in [-0.1, -0.05) is 55.1 Å². The Kier molecular flexibility index (Phi) is 7.98. The normalized spacial score (nSPS) is 17.9. The predicted octanol–water partition coefficient (Wildman–Crippen LogP) is 6.04. The molecule has 1 aromatic heterocycles. The van der Waals surface area contributed by atoms with Gasteiger partial charge in [-0.15, -0.1) is 0 Å². The number of hydrogen-bond donors (Lipinski definition) is 2. The highest BCUT2D eigenvalue weighted by atomic mass is 35.5. The molecule has 1 aliphatic carbocycles. The zero-order chi connectivity index (χ0) is 24.9. The van der Waals surface area contributed by atoms with Crippen LogP contribution in [0.2, 0.25) is 10.0 Å². The summed E-state index contributed by atoms with van der Waals surface area (Å²) < 4.78 is 10.8. The smallest absolute Gasteiger partial charge is 0.243 e. The minimum absolute atomic E-state index is 0.00278. The molecule has 2 N–H and O–H groups in total. The molecule has 1 aliphatic rings. The Balaban J connectivity index is 1.64. The minimum Gasteiger partial charge on any atom is -0.495 e. The van der Waals surface area contributed by atoms with E-state index >= 15 is 0 Å². The number of carbonyl (C=O) groups is 1. The number of halogens is 2. The number of anilines is 1. The van der Waals surface area contributed by atoms with Crippen molar-refractivity contribution in [3.05, 3.63) is 53.2 Å². The lowest BCUT2D eigenvalue weighted by atomic mass is 10.0. The van der Waals surface area contributed by atoms with Crippen LogP contribution in [-0.2, 0) is 4.79 Å². The van der Waals surface area contributed by atoms with Crippen LogP contribution in [0, 0.1) is 0 Å². The van der Waals surface area contributed by atoms with E-state index in [1.54, 1.807) is 26.5 Å². The highest BCUT2D eigenvalue weighted by Crippen LogP contribution is 2.46. The summed E-state index contributed by atoms with van der Waals surface area (Å²) in [4.78, 5) is 21.2. The lowest BCUT2D eigenvalue weighted by Gasteiger charge is -2.26. The molecule has 9 heteroatoms. The molecule has 1 saturated carbocycles. The largest absolute Gasteiger partial charge is 0.495 e. The first-order chi connectivity index (χ1) is 16.9. The van der Waals surface area contributed by atoms with Crippen LogP contribution in [0.25, 0.3) is 22.0 Å². The van der Waals surface area contributed by atoms with E-state index in [1.165, 1.54) is 6.08 Å². The number of nitrogens with one attached hydrogen (secondary N) is 2. The highest BCUT2D eigenvalue weighted by molar-refractivity contribution is 6.41. The van der Waals surface area contributed by atoms with Gasteiger partial charge in [0.1, 0.15) is 11.5 Å². The molecule has 0 radical (unpaired) electrons. The molecule has 0 spiro atoms. The van der Waals surface area contributed by atoms with Gasteiger partial charge in [0.2, 0.25) is 11.9 Å². The van der Waals surface area contributed by atoms with Crippen molar-refractivity contribution in [2.24, 2.45) is 0 Å². The van der Waals surface area contributed by atoms with Gasteiger partial charge in [0, 0.05) is 35.3 Å². The quantitative estimate of drug-likeness (QED) is 0.295. The average Bonchev–Trinajstić information content (AvgIpc) is 3.09. The first-order valence-corrected chi connectivity index (χ1v) is 12.3. The zero-order valence-electron chi connectivity index (χ0n) is 19.7. The summed E-state index contributed by atoms with van der Waals surface area (Å²) in [6.07, 6.45) is 8.20. The summed E-state index contributed by atoms with van der Waals surface area (Å²) in [6.45, 7) is 3.56. The standard InChI is InChI=1S/C26H28Cl2N4O3/c1-4-22(33)30-18-8-6-5-7-9-19(18)32-26-29-14-16-12-15(10-11-17(16)31-26)23-24(27)20(34-2)13-21(35-3)25(23)28/h4,10-14,18-19H,1,5-9H2,2-3H3,(H,30,33)(H,29,31,32). The van der Waals surface area contributed by atoms with Crippen molar-refractivity contribution in [1.82, 2.24) is 15.3 Å². The molecule has 0 bridgehead atoms. The molecule has 184 valence electrons. The van der Waals surface area contributed by atoms with E-state index in [1.807, 2.05) is 18.2 Å². The summed E-state index contributed by atoms with van der Waals surface area (Å²) >= 11 is 13.2. The molecule has 1 heterocycles. The molecule has 7 nitrogen and oxygen atoms in total. The zero-order valence-corrected chi connectivity index (χ0v) is 21.2. The first kappa shape index (κ1) is 25.1. The number of nitrogens with zero attached hydrogens (tertiary/aromatic N) is 2. The van der Waals surface area contributed by atoms with Crippen LogP contribution in [-0.4, -0.2) is 42.2 Å². The van der Waals surface area contributed by atoms with E-state index < -0.39 is 0 Å². The van der Waals surface area contributed by atoms with Gasteiger partial charge in [-0.2, -0.15) is 0 Å². The minimum atomic E-state index is -0.165. The molecule has 1 amide bonds.